The van der Waals surface area contributed by atoms with Gasteiger partial charge in [-0.25, -0.2) is 10.2 Å². The summed E-state index contributed by atoms with van der Waals surface area (Å²) in [7, 11) is -1.09. The predicted molar refractivity (Wildman–Crippen MR) is 221 cm³/mol. The van der Waals surface area contributed by atoms with Gasteiger partial charge < -0.3 is 19.0 Å². The third-order valence-corrected chi connectivity index (χ3v) is 14.1. The Hall–Kier alpha value is -2.41. The van der Waals surface area contributed by atoms with E-state index < -0.39 is 29.2 Å². The van der Waals surface area contributed by atoms with Crippen LogP contribution in [0.25, 0.3) is 0 Å². The molecule has 13 nitrogen and oxygen atoms in total. The van der Waals surface area contributed by atoms with Gasteiger partial charge in [-0.05, 0) is 101 Å². The predicted octanol–water partition coefficient (Wildman–Crippen LogP) is 7.55. The Balaban J connectivity index is 1.15. The lowest BCUT2D eigenvalue weighted by Crippen LogP contribution is -2.34. The molecule has 1 aliphatic carbocycles. The summed E-state index contributed by atoms with van der Waals surface area (Å²) in [5.41, 5.74) is 5.70. The Kier molecular flexibility index (Phi) is 17.0. The highest BCUT2D eigenvalue weighted by Gasteiger charge is 2.25. The number of hydrazone groups is 2. The van der Waals surface area contributed by atoms with E-state index >= 15 is 0 Å². The van der Waals surface area contributed by atoms with Gasteiger partial charge in [0.1, 0.15) is 5.75 Å². The number of ether oxygens (including phenoxy) is 1. The van der Waals surface area contributed by atoms with Crippen LogP contribution in [0.1, 0.15) is 29.5 Å². The first-order chi connectivity index (χ1) is 24.8. The standard InChI is InChI=1S/C32H40N6O7P4S3/c1-36(33-21-25-5-13-29(42-4)14-6-25)46(50)43-30-15-7-26(8-16-30)22-34-37(2)47(51)44-31-17-9-27(10-18-31)23-35-38(3)48(52)45-32-19-11-28(12-20-32)24-49(39,40)41/h5-7,9-15,17-21,23,26,30,34,50H,8,16,22,24H2,1-4H3/p+2/b33-21+,35-23+. The third kappa shape index (κ3) is 14.8. The second-order valence-corrected chi connectivity index (χ2v) is 19.8. The number of nitrogens with one attached hydrogen (secondary N) is 1. The molecule has 0 heterocycles. The first-order valence-electron chi connectivity index (χ1n) is 15.8. The van der Waals surface area contributed by atoms with Gasteiger partial charge in [0.2, 0.25) is 31.1 Å². The smallest absolute Gasteiger partial charge is 0.497 e. The molecular formula is C32H42N6O7P4S3+2. The molecule has 52 heavy (non-hydrogen) atoms. The lowest BCUT2D eigenvalue weighted by molar-refractivity contribution is 0.227. The van der Waals surface area contributed by atoms with Crippen LogP contribution in [0, 0.1) is 5.92 Å². The highest BCUT2D eigenvalue weighted by Crippen LogP contribution is 2.47. The fourth-order valence-corrected chi connectivity index (χ4v) is 8.37. The van der Waals surface area contributed by atoms with Crippen molar-refractivity contribution in [2.75, 3.05) is 34.8 Å². The monoisotopic (exact) mass is 842 g/mol. The van der Waals surface area contributed by atoms with E-state index in [1.807, 2.05) is 67.4 Å². The second-order valence-electron chi connectivity index (χ2n) is 11.4. The minimum absolute atomic E-state index is 0.0223. The number of hydrazine groups is 1. The number of rotatable bonds is 19. The molecule has 5 atom stereocenters. The summed E-state index contributed by atoms with van der Waals surface area (Å²) in [6.07, 6.45) is 9.20. The fourth-order valence-electron chi connectivity index (χ4n) is 4.49. The number of nitrogens with zero attached hydrogens (tertiary/aromatic N) is 5. The Morgan fingerprint density at radius 3 is 2.00 bits per heavy atom. The molecule has 278 valence electrons. The highest BCUT2D eigenvalue weighted by molar-refractivity contribution is 8.42. The zero-order valence-electron chi connectivity index (χ0n) is 28.9. The molecule has 1 aliphatic rings. The Bertz CT molecular complexity index is 1770. The van der Waals surface area contributed by atoms with E-state index in [2.05, 4.69) is 40.0 Å². The summed E-state index contributed by atoms with van der Waals surface area (Å²) in [6, 6.07) is 21.6. The molecule has 0 aromatic heterocycles. The van der Waals surface area contributed by atoms with Gasteiger partial charge >= 0.3 is 21.7 Å². The van der Waals surface area contributed by atoms with E-state index in [0.717, 1.165) is 36.3 Å². The molecule has 0 aliphatic heterocycles. The molecule has 4 rings (SSSR count). The van der Waals surface area contributed by atoms with Gasteiger partial charge in [0.05, 0.1) is 45.9 Å². The molecule has 20 heteroatoms. The van der Waals surface area contributed by atoms with Crippen molar-refractivity contribution < 1.29 is 32.7 Å². The minimum Gasteiger partial charge on any atom is -0.497 e. The number of methoxy groups -OCH3 is 1. The average Bonchev–Trinajstić information content (AvgIpc) is 3.13. The van der Waals surface area contributed by atoms with Crippen molar-refractivity contribution in [3.63, 3.8) is 0 Å². The van der Waals surface area contributed by atoms with Crippen LogP contribution < -0.4 is 19.2 Å². The van der Waals surface area contributed by atoms with Crippen LogP contribution in [0.3, 0.4) is 0 Å². The van der Waals surface area contributed by atoms with E-state index in [-0.39, 0.29) is 12.3 Å². The van der Waals surface area contributed by atoms with E-state index in [1.54, 1.807) is 60.4 Å². The van der Waals surface area contributed by atoms with Crippen LogP contribution >= 0.6 is 41.5 Å². The van der Waals surface area contributed by atoms with Crippen LogP contribution in [-0.2, 0) is 38.9 Å². The van der Waals surface area contributed by atoms with Crippen molar-refractivity contribution in [2.45, 2.75) is 25.1 Å². The lowest BCUT2D eigenvalue weighted by Gasteiger charge is -2.27. The van der Waals surface area contributed by atoms with Gasteiger partial charge in [0.15, 0.2) is 11.5 Å². The minimum atomic E-state index is -4.14. The van der Waals surface area contributed by atoms with Crippen molar-refractivity contribution in [1.82, 2.24) is 19.8 Å². The number of thiol groups is 1. The van der Waals surface area contributed by atoms with Crippen LogP contribution in [0.2, 0.25) is 0 Å². The SMILES string of the molecule is COc1ccc(/C=N/N(C)P(S)OC2C=CC(CNN(C)[P+](=S)Oc3ccc(/C=N/N(C)[P+](=S)Oc4ccc(CP(=O)(O)O)cc4)cc3)CC2)cc1. The van der Waals surface area contributed by atoms with Gasteiger partial charge in [0, 0.05) is 13.6 Å². The summed E-state index contributed by atoms with van der Waals surface area (Å²) in [5, 5.41) is 8.87. The normalized spacial score (nSPS) is 17.3. The average molecular weight is 843 g/mol. The zero-order valence-corrected chi connectivity index (χ0v) is 35.1. The molecule has 0 saturated carbocycles. The van der Waals surface area contributed by atoms with Crippen molar-refractivity contribution >= 4 is 77.5 Å². The maximum absolute atomic E-state index is 11.2. The van der Waals surface area contributed by atoms with E-state index in [9.17, 15) is 4.57 Å². The molecule has 0 amide bonds. The van der Waals surface area contributed by atoms with E-state index in [0.29, 0.717) is 23.0 Å². The number of hydrogen-bond donors (Lipinski definition) is 4. The summed E-state index contributed by atoms with van der Waals surface area (Å²) < 4.78 is 39.5. The van der Waals surface area contributed by atoms with E-state index in [4.69, 9.17) is 51.7 Å². The van der Waals surface area contributed by atoms with Crippen LogP contribution in [0.5, 0.6) is 17.2 Å². The van der Waals surface area contributed by atoms with Crippen LogP contribution in [-0.4, -0.2) is 77.5 Å². The molecule has 0 saturated heterocycles. The summed E-state index contributed by atoms with van der Waals surface area (Å²) in [4.78, 5) is 18.3. The molecular weight excluding hydrogens is 800 g/mol. The first-order valence-corrected chi connectivity index (χ1v) is 24.4. The third-order valence-electron chi connectivity index (χ3n) is 7.38. The number of benzene rings is 3. The quantitative estimate of drug-likeness (QED) is 0.0311. The Morgan fingerprint density at radius 1 is 0.885 bits per heavy atom. The molecule has 0 spiro atoms. The van der Waals surface area contributed by atoms with Crippen molar-refractivity contribution in [2.24, 2.45) is 16.1 Å². The lowest BCUT2D eigenvalue weighted by atomic mass is 9.94. The van der Waals surface area contributed by atoms with Crippen molar-refractivity contribution in [3.8, 4) is 17.2 Å². The number of hydrogen-bond acceptors (Lipinski definition) is 12. The van der Waals surface area contributed by atoms with Crippen molar-refractivity contribution in [1.29, 1.82) is 0 Å². The summed E-state index contributed by atoms with van der Waals surface area (Å²) in [5.74, 6) is 2.27. The van der Waals surface area contributed by atoms with E-state index in [1.165, 1.54) is 0 Å². The highest BCUT2D eigenvalue weighted by atomic mass is 32.7. The molecule has 0 bridgehead atoms. The Labute approximate surface area is 323 Å². The van der Waals surface area contributed by atoms with Gasteiger partial charge in [-0.3, -0.25) is 13.6 Å². The van der Waals surface area contributed by atoms with Gasteiger partial charge in [0.25, 0.3) is 0 Å². The van der Waals surface area contributed by atoms with Gasteiger partial charge in [-0.15, -0.1) is 5.10 Å². The molecule has 0 fully saturated rings. The fraction of sp³-hybridized carbons (Fsp3) is 0.312. The maximum Gasteiger partial charge on any atom is 0.540 e. The van der Waals surface area contributed by atoms with Crippen LogP contribution in [0.4, 0.5) is 0 Å². The van der Waals surface area contributed by atoms with Gasteiger partial charge in [-0.1, -0.05) is 41.3 Å². The maximum atomic E-state index is 11.2. The molecule has 3 N–H and O–H groups in total. The van der Waals surface area contributed by atoms with Gasteiger partial charge in [-0.2, -0.15) is 5.10 Å². The van der Waals surface area contributed by atoms with Crippen molar-refractivity contribution in [3.05, 3.63) is 102 Å². The van der Waals surface area contributed by atoms with Crippen LogP contribution in [0.15, 0.2) is 95.2 Å². The Morgan fingerprint density at radius 2 is 1.44 bits per heavy atom. The summed E-state index contributed by atoms with van der Waals surface area (Å²) in [6.45, 7) is 0.722. The topological polar surface area (TPSA) is 141 Å². The largest absolute Gasteiger partial charge is 0.540 e. The molecule has 5 unspecified atom stereocenters. The zero-order chi connectivity index (χ0) is 37.7. The summed E-state index contributed by atoms with van der Waals surface area (Å²) >= 11 is 15.8. The molecule has 3 aromatic rings. The first kappa shape index (κ1) is 42.3. The molecule has 0 radical (unpaired) electrons. The second kappa shape index (κ2) is 20.9. The molecule has 3 aromatic carbocycles.